The van der Waals surface area contributed by atoms with Crippen LogP contribution in [0, 0.1) is 0 Å². The molecule has 2 aromatic heterocycles. The molecule has 0 unspecified atom stereocenters. The van der Waals surface area contributed by atoms with Crippen LogP contribution in [0.25, 0.3) is 22.0 Å². The number of nitrogens with one attached hydrogen (secondary N) is 1. The van der Waals surface area contributed by atoms with E-state index in [-0.39, 0.29) is 18.3 Å². The van der Waals surface area contributed by atoms with Crippen molar-refractivity contribution >= 4 is 39.8 Å². The first-order valence-electron chi connectivity index (χ1n) is 10.3. The summed E-state index contributed by atoms with van der Waals surface area (Å²) in [6.45, 7) is 0.131. The molecule has 0 radical (unpaired) electrons. The Morgan fingerprint density at radius 1 is 1.03 bits per heavy atom. The Balaban J connectivity index is 1.53. The van der Waals surface area contributed by atoms with Crippen LogP contribution in [0.4, 0.5) is 5.95 Å². The zero-order valence-corrected chi connectivity index (χ0v) is 17.4. The number of nitrogens with two attached hydrogens (primary N) is 1. The van der Waals surface area contributed by atoms with Crippen LogP contribution in [0.2, 0.25) is 0 Å². The van der Waals surface area contributed by atoms with Gasteiger partial charge in [-0.05, 0) is 35.9 Å². The molecule has 0 fully saturated rings. The van der Waals surface area contributed by atoms with Gasteiger partial charge >= 0.3 is 0 Å². The second-order valence-corrected chi connectivity index (χ2v) is 7.64. The zero-order valence-electron chi connectivity index (χ0n) is 17.4. The Morgan fingerprint density at radius 2 is 1.79 bits per heavy atom. The Morgan fingerprint density at radius 3 is 2.55 bits per heavy atom. The van der Waals surface area contributed by atoms with Crippen molar-refractivity contribution in [3.05, 3.63) is 95.7 Å². The van der Waals surface area contributed by atoms with E-state index in [1.165, 1.54) is 0 Å². The van der Waals surface area contributed by atoms with Crippen molar-refractivity contribution in [2.24, 2.45) is 5.73 Å². The Kier molecular flexibility index (Phi) is 5.12. The van der Waals surface area contributed by atoms with Crippen LogP contribution in [-0.4, -0.2) is 26.5 Å². The molecule has 8 nitrogen and oxygen atoms in total. The third-order valence-electron chi connectivity index (χ3n) is 5.45. The van der Waals surface area contributed by atoms with Gasteiger partial charge in [0.15, 0.2) is 5.76 Å². The fourth-order valence-corrected chi connectivity index (χ4v) is 3.77. The molecule has 0 aliphatic heterocycles. The second kappa shape index (κ2) is 8.25. The molecular weight excluding hydrogens is 420 g/mol. The van der Waals surface area contributed by atoms with E-state index in [0.29, 0.717) is 22.2 Å². The summed E-state index contributed by atoms with van der Waals surface area (Å²) < 4.78 is 7.35. The molecule has 0 bridgehead atoms. The molecule has 0 spiro atoms. The molecule has 8 heteroatoms. The quantitative estimate of drug-likeness (QED) is 0.370. The number of carbonyl (C=O) groups is 2. The van der Waals surface area contributed by atoms with Crippen LogP contribution in [0.1, 0.15) is 32.6 Å². The Hall–Kier alpha value is -4.43. The van der Waals surface area contributed by atoms with E-state index in [1.807, 2.05) is 48.5 Å². The average molecular weight is 440 g/mol. The zero-order chi connectivity index (χ0) is 22.9. The average Bonchev–Trinajstić information content (AvgIpc) is 3.41. The summed E-state index contributed by atoms with van der Waals surface area (Å²) in [5.41, 5.74) is 8.12. The minimum atomic E-state index is -0.846. The van der Waals surface area contributed by atoms with Crippen LogP contribution in [0.15, 0.2) is 83.3 Å². The number of aliphatic hydroxyl groups excluding tert-OH is 1. The van der Waals surface area contributed by atoms with E-state index < -0.39 is 17.9 Å². The molecule has 164 valence electrons. The topological polar surface area (TPSA) is 123 Å². The maximum Gasteiger partial charge on any atom is 0.293 e. The number of hydrogen-bond donors (Lipinski definition) is 3. The van der Waals surface area contributed by atoms with Crippen molar-refractivity contribution in [1.82, 2.24) is 9.55 Å². The largest absolute Gasteiger partial charge is 0.451 e. The van der Waals surface area contributed by atoms with Crippen molar-refractivity contribution in [2.45, 2.75) is 12.6 Å². The van der Waals surface area contributed by atoms with Crippen molar-refractivity contribution in [3.63, 3.8) is 0 Å². The van der Waals surface area contributed by atoms with Gasteiger partial charge < -0.3 is 19.8 Å². The highest BCUT2D eigenvalue weighted by Gasteiger charge is 2.20. The lowest BCUT2D eigenvalue weighted by atomic mass is 10.1. The van der Waals surface area contributed by atoms with Crippen LogP contribution < -0.4 is 11.1 Å². The summed E-state index contributed by atoms with van der Waals surface area (Å²) in [6.07, 6.45) is -0.846. The Labute approximate surface area is 188 Å². The SMILES string of the molecule is NC(=O)c1ccc2c(c1)nc(NC(=O)c1cc3ccccc3o1)n2C[C@@H](O)c1ccccc1. The summed E-state index contributed by atoms with van der Waals surface area (Å²) in [7, 11) is 0. The molecule has 0 aliphatic carbocycles. The Bertz CT molecular complexity index is 1450. The summed E-state index contributed by atoms with van der Waals surface area (Å²) in [4.78, 5) is 29.1. The first kappa shape index (κ1) is 20.5. The van der Waals surface area contributed by atoms with Crippen molar-refractivity contribution in [1.29, 1.82) is 0 Å². The standard InChI is InChI=1S/C25H20N4O4/c26-23(31)17-10-11-19-18(12-17)27-25(29(19)14-20(30)15-6-2-1-3-7-15)28-24(32)22-13-16-8-4-5-9-21(16)33-22/h1-13,20,30H,14H2,(H2,26,31)(H,27,28,32)/t20-/m1/s1. The first-order valence-corrected chi connectivity index (χ1v) is 10.3. The summed E-state index contributed by atoms with van der Waals surface area (Å²) >= 11 is 0. The van der Waals surface area contributed by atoms with E-state index in [9.17, 15) is 14.7 Å². The molecule has 0 aliphatic rings. The number of benzene rings is 3. The smallest absolute Gasteiger partial charge is 0.293 e. The number of aliphatic hydroxyl groups is 1. The third-order valence-corrected chi connectivity index (χ3v) is 5.45. The fourth-order valence-electron chi connectivity index (χ4n) is 3.77. The van der Waals surface area contributed by atoms with Gasteiger partial charge in [-0.1, -0.05) is 48.5 Å². The van der Waals surface area contributed by atoms with Crippen LogP contribution >= 0.6 is 0 Å². The monoisotopic (exact) mass is 440 g/mol. The molecule has 2 heterocycles. The number of furan rings is 1. The van der Waals surface area contributed by atoms with Crippen LogP contribution in [-0.2, 0) is 6.54 Å². The molecule has 5 aromatic rings. The number of amides is 2. The maximum atomic E-state index is 12.9. The lowest BCUT2D eigenvalue weighted by molar-refractivity contribution is 0.0990. The third kappa shape index (κ3) is 3.95. The number of rotatable bonds is 6. The molecule has 2 amide bonds. The predicted octanol–water partition coefficient (Wildman–Crippen LogP) is 3.87. The van der Waals surface area contributed by atoms with Gasteiger partial charge in [0, 0.05) is 10.9 Å². The van der Waals surface area contributed by atoms with Gasteiger partial charge in [-0.25, -0.2) is 4.98 Å². The molecule has 0 saturated carbocycles. The molecule has 5 rings (SSSR count). The van der Waals surface area contributed by atoms with E-state index in [1.54, 1.807) is 34.9 Å². The van der Waals surface area contributed by atoms with Crippen molar-refractivity contribution < 1.29 is 19.1 Å². The van der Waals surface area contributed by atoms with Gasteiger partial charge in [0.05, 0.1) is 23.7 Å². The normalized spacial score (nSPS) is 12.2. The number of imidazole rings is 1. The maximum absolute atomic E-state index is 12.9. The number of fused-ring (bicyclic) bond motifs is 2. The number of carbonyl (C=O) groups excluding carboxylic acids is 2. The molecule has 1 atom stereocenters. The molecular formula is C25H20N4O4. The van der Waals surface area contributed by atoms with Crippen LogP contribution in [0.3, 0.4) is 0 Å². The van der Waals surface area contributed by atoms with Gasteiger partial charge in [-0.3, -0.25) is 14.9 Å². The van der Waals surface area contributed by atoms with Crippen molar-refractivity contribution in [2.75, 3.05) is 5.32 Å². The van der Waals surface area contributed by atoms with E-state index in [0.717, 1.165) is 10.9 Å². The predicted molar refractivity (Wildman–Crippen MR) is 124 cm³/mol. The van der Waals surface area contributed by atoms with Gasteiger partial charge in [0.1, 0.15) is 5.58 Å². The van der Waals surface area contributed by atoms with Gasteiger partial charge in [0.25, 0.3) is 5.91 Å². The first-order chi connectivity index (χ1) is 16.0. The van der Waals surface area contributed by atoms with E-state index in [2.05, 4.69) is 10.3 Å². The van der Waals surface area contributed by atoms with Gasteiger partial charge in [0.2, 0.25) is 11.9 Å². The van der Waals surface area contributed by atoms with Crippen LogP contribution in [0.5, 0.6) is 0 Å². The van der Waals surface area contributed by atoms with Crippen molar-refractivity contribution in [3.8, 4) is 0 Å². The fraction of sp³-hybridized carbons (Fsp3) is 0.0800. The molecule has 0 saturated heterocycles. The highest BCUT2D eigenvalue weighted by Crippen LogP contribution is 2.26. The van der Waals surface area contributed by atoms with Gasteiger partial charge in [-0.15, -0.1) is 0 Å². The molecule has 4 N–H and O–H groups in total. The number of aromatic nitrogens is 2. The highest BCUT2D eigenvalue weighted by molar-refractivity contribution is 6.04. The minimum Gasteiger partial charge on any atom is -0.451 e. The molecule has 33 heavy (non-hydrogen) atoms. The summed E-state index contributed by atoms with van der Waals surface area (Å²) in [6, 6.07) is 23.0. The van der Waals surface area contributed by atoms with Gasteiger partial charge in [-0.2, -0.15) is 0 Å². The summed E-state index contributed by atoms with van der Waals surface area (Å²) in [5, 5.41) is 14.4. The number of primary amides is 1. The lowest BCUT2D eigenvalue weighted by Crippen LogP contribution is -2.17. The lowest BCUT2D eigenvalue weighted by Gasteiger charge is -2.15. The molecule has 3 aromatic carbocycles. The van der Waals surface area contributed by atoms with E-state index >= 15 is 0 Å². The number of nitrogens with zero attached hydrogens (tertiary/aromatic N) is 2. The second-order valence-electron chi connectivity index (χ2n) is 7.64. The number of hydrogen-bond acceptors (Lipinski definition) is 5. The highest BCUT2D eigenvalue weighted by atomic mass is 16.3. The summed E-state index contributed by atoms with van der Waals surface area (Å²) in [5.74, 6) is -0.709. The number of anilines is 1. The van der Waals surface area contributed by atoms with E-state index in [4.69, 9.17) is 10.2 Å². The number of para-hydroxylation sites is 1. The minimum absolute atomic E-state index is 0.131.